The van der Waals surface area contributed by atoms with E-state index in [-0.39, 0.29) is 11.6 Å². The average molecular weight is 360 g/mol. The van der Waals surface area contributed by atoms with Crippen molar-refractivity contribution in [2.75, 3.05) is 19.1 Å². The lowest BCUT2D eigenvalue weighted by molar-refractivity contribution is -0.132. The Morgan fingerprint density at radius 2 is 1.42 bits per heavy atom. The molecule has 0 atom stereocenters. The number of nitrogens with zero attached hydrogens (tertiary/aromatic N) is 2. The molecule has 26 heavy (non-hydrogen) atoms. The molecule has 0 saturated carbocycles. The van der Waals surface area contributed by atoms with Crippen molar-refractivity contribution in [3.63, 3.8) is 0 Å². The van der Waals surface area contributed by atoms with Crippen molar-refractivity contribution in [1.82, 2.24) is 4.98 Å². The largest absolute Gasteiger partial charge is 0.493 e. The van der Waals surface area contributed by atoms with Crippen LogP contribution in [0.3, 0.4) is 0 Å². The minimum Gasteiger partial charge on any atom is -0.493 e. The van der Waals surface area contributed by atoms with E-state index in [4.69, 9.17) is 14.2 Å². The minimum absolute atomic E-state index is 0.0850. The van der Waals surface area contributed by atoms with Crippen LogP contribution in [0.5, 0.6) is 17.4 Å². The number of methoxy groups -OCH3 is 2. The number of aromatic nitrogens is 1. The molecule has 0 aliphatic heterocycles. The average Bonchev–Trinajstić information content (AvgIpc) is 2.55. The van der Waals surface area contributed by atoms with Gasteiger partial charge in [0.25, 0.3) is 0 Å². The second kappa shape index (κ2) is 7.38. The first-order chi connectivity index (χ1) is 12.2. The molecule has 0 N–H and O–H groups in total. The normalized spacial score (nSPS) is 10.4. The van der Waals surface area contributed by atoms with Gasteiger partial charge in [-0.2, -0.15) is 0 Å². The third-order valence-corrected chi connectivity index (χ3v) is 3.73. The molecule has 1 aromatic carbocycles. The fourth-order valence-electron chi connectivity index (χ4n) is 2.71. The first-order valence-electron chi connectivity index (χ1n) is 7.77. The van der Waals surface area contributed by atoms with Gasteiger partial charge < -0.3 is 14.2 Å². The maximum Gasteiger partial charge on any atom is 0.309 e. The van der Waals surface area contributed by atoms with E-state index in [0.29, 0.717) is 28.0 Å². The van der Waals surface area contributed by atoms with E-state index >= 15 is 0 Å². The molecule has 138 valence electrons. The molecule has 0 bridgehead atoms. The topological polar surface area (TPSA) is 95.0 Å². The first-order valence-corrected chi connectivity index (χ1v) is 7.77. The number of hydrogen-bond donors (Lipinski definition) is 0. The fourth-order valence-corrected chi connectivity index (χ4v) is 2.71. The molecule has 0 radical (unpaired) electrons. The molecule has 1 heterocycles. The van der Waals surface area contributed by atoms with Crippen molar-refractivity contribution >= 4 is 34.2 Å². The number of carbonyl (C=O) groups excluding carboxylic acids is 3. The number of rotatable bonds is 4. The molecular formula is C18H20N2O6. The highest BCUT2D eigenvalue weighted by Crippen LogP contribution is 2.42. The van der Waals surface area contributed by atoms with Crippen LogP contribution in [-0.4, -0.2) is 37.0 Å². The molecule has 2 amide bonds. The molecular weight excluding hydrogens is 340 g/mol. The van der Waals surface area contributed by atoms with Gasteiger partial charge in [0.15, 0.2) is 11.5 Å². The summed E-state index contributed by atoms with van der Waals surface area (Å²) < 4.78 is 15.8. The zero-order valence-electron chi connectivity index (χ0n) is 15.5. The van der Waals surface area contributed by atoms with E-state index in [1.54, 1.807) is 19.1 Å². The number of fused-ring (bicyclic) bond motifs is 1. The molecule has 0 aliphatic rings. The van der Waals surface area contributed by atoms with E-state index < -0.39 is 17.8 Å². The van der Waals surface area contributed by atoms with Crippen LogP contribution in [0.4, 0.5) is 5.69 Å². The predicted molar refractivity (Wildman–Crippen MR) is 94.7 cm³/mol. The van der Waals surface area contributed by atoms with Gasteiger partial charge in [-0.1, -0.05) is 0 Å². The van der Waals surface area contributed by atoms with Gasteiger partial charge in [0.2, 0.25) is 17.7 Å². The van der Waals surface area contributed by atoms with Gasteiger partial charge in [0.1, 0.15) is 5.69 Å². The lowest BCUT2D eigenvalue weighted by atomic mass is 10.1. The van der Waals surface area contributed by atoms with Crippen LogP contribution in [0.15, 0.2) is 12.1 Å². The lowest BCUT2D eigenvalue weighted by Crippen LogP contribution is -2.34. The van der Waals surface area contributed by atoms with Crippen molar-refractivity contribution in [3.8, 4) is 17.4 Å². The summed E-state index contributed by atoms with van der Waals surface area (Å²) in [5.74, 6) is -0.952. The number of carbonyl (C=O) groups is 3. The van der Waals surface area contributed by atoms with E-state index in [9.17, 15) is 14.4 Å². The Bertz CT molecular complexity index is 892. The van der Waals surface area contributed by atoms with Crippen molar-refractivity contribution in [2.45, 2.75) is 27.7 Å². The van der Waals surface area contributed by atoms with Crippen LogP contribution >= 0.6 is 0 Å². The van der Waals surface area contributed by atoms with E-state index in [1.807, 2.05) is 0 Å². The lowest BCUT2D eigenvalue weighted by Gasteiger charge is -2.23. The second-order valence-corrected chi connectivity index (χ2v) is 5.57. The number of esters is 1. The summed E-state index contributed by atoms with van der Waals surface area (Å²) >= 11 is 0. The number of hydrogen-bond acceptors (Lipinski definition) is 7. The highest BCUT2D eigenvalue weighted by Gasteiger charge is 2.27. The highest BCUT2D eigenvalue weighted by atomic mass is 16.5. The number of benzene rings is 1. The van der Waals surface area contributed by atoms with Crippen molar-refractivity contribution in [1.29, 1.82) is 0 Å². The summed E-state index contributed by atoms with van der Waals surface area (Å²) in [5.41, 5.74) is 0.620. The quantitative estimate of drug-likeness (QED) is 0.773. The van der Waals surface area contributed by atoms with Crippen LogP contribution in [0.1, 0.15) is 26.5 Å². The van der Waals surface area contributed by atoms with Crippen LogP contribution in [-0.2, 0) is 14.4 Å². The highest BCUT2D eigenvalue weighted by molar-refractivity contribution is 6.19. The van der Waals surface area contributed by atoms with E-state index in [1.165, 1.54) is 35.0 Å². The predicted octanol–water partition coefficient (Wildman–Crippen LogP) is 2.39. The minimum atomic E-state index is -0.620. The second-order valence-electron chi connectivity index (χ2n) is 5.57. The number of anilines is 1. The number of imide groups is 1. The number of aryl methyl sites for hydroxylation is 1. The molecule has 1 aromatic heterocycles. The summed E-state index contributed by atoms with van der Waals surface area (Å²) in [5, 5.41) is 1.10. The number of amides is 2. The Morgan fingerprint density at radius 3 is 1.85 bits per heavy atom. The molecule has 0 fully saturated rings. The van der Waals surface area contributed by atoms with Crippen molar-refractivity contribution < 1.29 is 28.6 Å². The zero-order valence-corrected chi connectivity index (χ0v) is 15.5. The standard InChI is InChI=1S/C18H20N2O6/c1-9-13-7-15(24-5)16(25-6)8-14(13)17(18(19-9)26-12(4)23)20(10(2)21)11(3)22/h7-8H,1-6H3. The molecule has 0 spiro atoms. The molecule has 0 saturated heterocycles. The van der Waals surface area contributed by atoms with E-state index in [2.05, 4.69) is 4.98 Å². The molecule has 8 heteroatoms. The van der Waals surface area contributed by atoms with Gasteiger partial charge in [0, 0.05) is 37.2 Å². The Kier molecular flexibility index (Phi) is 5.44. The van der Waals surface area contributed by atoms with Gasteiger partial charge in [-0.25, -0.2) is 9.88 Å². The first kappa shape index (κ1) is 19.2. The summed E-state index contributed by atoms with van der Waals surface area (Å²) in [6.45, 7) is 5.42. The smallest absolute Gasteiger partial charge is 0.309 e. The maximum atomic E-state index is 12.1. The van der Waals surface area contributed by atoms with Crippen LogP contribution in [0.25, 0.3) is 10.8 Å². The Morgan fingerprint density at radius 1 is 0.923 bits per heavy atom. The van der Waals surface area contributed by atoms with Crippen molar-refractivity contribution in [2.24, 2.45) is 0 Å². The molecule has 0 unspecified atom stereocenters. The van der Waals surface area contributed by atoms with Gasteiger partial charge in [-0.05, 0) is 19.1 Å². The molecule has 2 rings (SSSR count). The fraction of sp³-hybridized carbons (Fsp3) is 0.333. The third-order valence-electron chi connectivity index (χ3n) is 3.73. The van der Waals surface area contributed by atoms with Crippen LogP contribution in [0, 0.1) is 6.92 Å². The summed E-state index contributed by atoms with van der Waals surface area (Å²) in [6, 6.07) is 3.31. The van der Waals surface area contributed by atoms with Gasteiger partial charge in [-0.15, -0.1) is 0 Å². The zero-order chi connectivity index (χ0) is 19.6. The summed E-state index contributed by atoms with van der Waals surface area (Å²) in [4.78, 5) is 40.9. The summed E-state index contributed by atoms with van der Waals surface area (Å²) in [6.07, 6.45) is 0. The monoisotopic (exact) mass is 360 g/mol. The Balaban J connectivity index is 2.99. The SMILES string of the molecule is COc1cc2c(C)nc(OC(C)=O)c(N(C(C)=O)C(C)=O)c2cc1OC. The molecule has 0 aliphatic carbocycles. The van der Waals surface area contributed by atoms with Crippen LogP contribution in [0.2, 0.25) is 0 Å². The summed E-state index contributed by atoms with van der Waals surface area (Å²) in [7, 11) is 2.97. The third kappa shape index (κ3) is 3.44. The Hall–Kier alpha value is -3.16. The van der Waals surface area contributed by atoms with Crippen molar-refractivity contribution in [3.05, 3.63) is 17.8 Å². The van der Waals surface area contributed by atoms with Crippen LogP contribution < -0.4 is 19.1 Å². The number of pyridine rings is 1. The van der Waals surface area contributed by atoms with E-state index in [0.717, 1.165) is 4.90 Å². The molecule has 2 aromatic rings. The van der Waals surface area contributed by atoms with Gasteiger partial charge >= 0.3 is 5.97 Å². The van der Waals surface area contributed by atoms with Gasteiger partial charge in [0.05, 0.1) is 14.2 Å². The number of ether oxygens (including phenoxy) is 3. The van der Waals surface area contributed by atoms with Gasteiger partial charge in [-0.3, -0.25) is 14.4 Å². The maximum absolute atomic E-state index is 12.1. The Labute approximate surface area is 150 Å². The molecule has 8 nitrogen and oxygen atoms in total.